The molecule has 3 aromatic carbocycles. The molecule has 0 aromatic heterocycles. The molecular formula is C36H44N2O2SSi. The van der Waals surface area contributed by atoms with Gasteiger partial charge >= 0.3 is 0 Å². The molecule has 3 N–H and O–H groups in total. The van der Waals surface area contributed by atoms with Crippen molar-refractivity contribution in [3.63, 3.8) is 0 Å². The van der Waals surface area contributed by atoms with Crippen LogP contribution in [0.15, 0.2) is 108 Å². The van der Waals surface area contributed by atoms with Crippen LogP contribution in [0.2, 0.25) is 5.04 Å². The highest BCUT2D eigenvalue weighted by Gasteiger charge is 2.58. The summed E-state index contributed by atoms with van der Waals surface area (Å²) in [4.78, 5) is 27.7. The Morgan fingerprint density at radius 3 is 2.05 bits per heavy atom. The lowest BCUT2D eigenvalue weighted by Crippen LogP contribution is -2.66. The van der Waals surface area contributed by atoms with E-state index < -0.39 is 13.9 Å². The van der Waals surface area contributed by atoms with Crippen LogP contribution in [0.3, 0.4) is 0 Å². The van der Waals surface area contributed by atoms with Gasteiger partial charge in [-0.05, 0) is 71.1 Å². The molecule has 4 atom stereocenters. The van der Waals surface area contributed by atoms with Gasteiger partial charge in [0.25, 0.3) is 8.32 Å². The highest BCUT2D eigenvalue weighted by atomic mass is 32.2. The second kappa shape index (κ2) is 11.1. The zero-order valence-corrected chi connectivity index (χ0v) is 27.1. The van der Waals surface area contributed by atoms with E-state index in [1.165, 1.54) is 4.90 Å². The van der Waals surface area contributed by atoms with Gasteiger partial charge < -0.3 is 15.4 Å². The third-order valence-electron chi connectivity index (χ3n) is 10.6. The van der Waals surface area contributed by atoms with Crippen molar-refractivity contribution in [3.8, 4) is 0 Å². The molecule has 1 aliphatic carbocycles. The minimum atomic E-state index is -3.20. The zero-order valence-electron chi connectivity index (χ0n) is 25.3. The average Bonchev–Trinajstić information content (AvgIpc) is 3.47. The maximum Gasteiger partial charge on any atom is 0.258 e. The highest BCUT2D eigenvalue weighted by Crippen LogP contribution is 2.58. The van der Waals surface area contributed by atoms with Gasteiger partial charge in [-0.3, -0.25) is 4.79 Å². The Morgan fingerprint density at radius 1 is 0.929 bits per heavy atom. The molecule has 42 heavy (non-hydrogen) atoms. The van der Waals surface area contributed by atoms with Crippen LogP contribution >= 0.6 is 11.8 Å². The molecule has 0 unspecified atom stereocenters. The Hall–Kier alpha value is -2.64. The second-order valence-corrected chi connectivity index (χ2v) is 19.0. The summed E-state index contributed by atoms with van der Waals surface area (Å²) in [6, 6.07) is 31.4. The molecule has 6 heteroatoms. The molecule has 220 valence electrons. The first-order chi connectivity index (χ1) is 20.1. The zero-order chi connectivity index (χ0) is 29.6. The highest BCUT2D eigenvalue weighted by molar-refractivity contribution is 8.00. The van der Waals surface area contributed by atoms with Crippen LogP contribution in [0.1, 0.15) is 53.4 Å². The number of allylic oxidation sites excluding steroid dienone is 1. The van der Waals surface area contributed by atoms with Crippen molar-refractivity contribution < 1.29 is 9.59 Å². The monoisotopic (exact) mass is 596 g/mol. The molecular weight excluding hydrogens is 553 g/mol. The molecule has 3 aromatic rings. The minimum absolute atomic E-state index is 0.110. The molecule has 6 rings (SSSR count). The summed E-state index contributed by atoms with van der Waals surface area (Å²) >= 11 is 1.89. The SMILES string of the molecule is CC1(C)[C@H](CC(C)(C)[Si](O)(c2ccccc2)c2ccccc2)[C@@H](Sc2ccccc2)C=C2NC(=O)[C@@]3(CCCN3)C[C@@H]21. The normalized spacial score (nSPS) is 27.3. The lowest BCUT2D eigenvalue weighted by molar-refractivity contribution is -0.130. The molecule has 4 nitrogen and oxygen atoms in total. The third-order valence-corrected chi connectivity index (χ3v) is 16.3. The Labute approximate surface area is 256 Å². The van der Waals surface area contributed by atoms with Crippen molar-refractivity contribution in [3.05, 3.63) is 103 Å². The molecule has 0 bridgehead atoms. The number of piperidine rings is 1. The molecule has 3 aliphatic rings. The summed E-state index contributed by atoms with van der Waals surface area (Å²) in [5, 5.41) is 8.88. The molecule has 2 aliphatic heterocycles. The summed E-state index contributed by atoms with van der Waals surface area (Å²) in [6.07, 6.45) is 5.99. The van der Waals surface area contributed by atoms with E-state index in [0.29, 0.717) is 0 Å². The first-order valence-electron chi connectivity index (χ1n) is 15.4. The number of benzene rings is 3. The van der Waals surface area contributed by atoms with Crippen molar-refractivity contribution >= 4 is 36.4 Å². The summed E-state index contributed by atoms with van der Waals surface area (Å²) in [7, 11) is -3.20. The number of nitrogens with one attached hydrogen (secondary N) is 2. The fourth-order valence-corrected chi connectivity index (χ4v) is 13.2. The summed E-state index contributed by atoms with van der Waals surface area (Å²) in [5.74, 6) is 0.638. The maximum atomic E-state index is 13.5. The van der Waals surface area contributed by atoms with Crippen LogP contribution in [-0.4, -0.2) is 36.4 Å². The van der Waals surface area contributed by atoms with Crippen molar-refractivity contribution in [2.45, 2.75) is 74.1 Å². The quantitative estimate of drug-likeness (QED) is 0.299. The minimum Gasteiger partial charge on any atom is -0.424 e. The number of hydrogen-bond acceptors (Lipinski definition) is 4. The maximum absolute atomic E-state index is 13.5. The van der Waals surface area contributed by atoms with Gasteiger partial charge in [0, 0.05) is 21.8 Å². The topological polar surface area (TPSA) is 61.4 Å². The first kappa shape index (κ1) is 29.4. The van der Waals surface area contributed by atoms with Crippen molar-refractivity contribution in [2.75, 3.05) is 6.54 Å². The number of amides is 1. The smallest absolute Gasteiger partial charge is 0.258 e. The first-order valence-corrected chi connectivity index (χ1v) is 18.2. The average molecular weight is 597 g/mol. The number of fused-ring (bicyclic) bond motifs is 1. The molecule has 0 radical (unpaired) electrons. The van der Waals surface area contributed by atoms with Gasteiger partial charge in [0.05, 0.1) is 5.54 Å². The fraction of sp³-hybridized carbons (Fsp3) is 0.417. The molecule has 0 saturated carbocycles. The second-order valence-electron chi connectivity index (χ2n) is 13.8. The molecule has 1 spiro atoms. The Morgan fingerprint density at radius 2 is 1.50 bits per heavy atom. The molecule has 2 saturated heterocycles. The van der Waals surface area contributed by atoms with E-state index in [9.17, 15) is 9.59 Å². The standard InChI is InChI=1S/C36H44N2O2SSi/c1-34(2,42(40,27-17-10-6-11-18-27)28-19-12-7-13-20-28)24-30-32(41-26-15-8-5-9-16-26)23-31-29(35(30,3)4)25-36(33(39)38-31)21-14-22-37-36/h5-13,15-20,23,29-30,32,37,40H,14,21-22,24-25H2,1-4H3,(H,38,39)/t29-,30+,32-,36+/m0/s1. The van der Waals surface area contributed by atoms with Gasteiger partial charge in [0.1, 0.15) is 0 Å². The van der Waals surface area contributed by atoms with E-state index in [-0.39, 0.29) is 33.4 Å². The summed E-state index contributed by atoms with van der Waals surface area (Å²) in [5.41, 5.74) is 0.509. The lowest BCUT2D eigenvalue weighted by atomic mass is 9.57. The van der Waals surface area contributed by atoms with Crippen LogP contribution in [-0.2, 0) is 4.79 Å². The predicted octanol–water partition coefficient (Wildman–Crippen LogP) is 5.87. The lowest BCUT2D eigenvalue weighted by Gasteiger charge is -2.55. The van der Waals surface area contributed by atoms with Gasteiger partial charge in [-0.15, -0.1) is 11.8 Å². The van der Waals surface area contributed by atoms with Gasteiger partial charge in [-0.25, -0.2) is 0 Å². The van der Waals surface area contributed by atoms with Crippen LogP contribution in [0, 0.1) is 17.3 Å². The van der Waals surface area contributed by atoms with Crippen LogP contribution in [0.4, 0.5) is 0 Å². The van der Waals surface area contributed by atoms with Crippen LogP contribution < -0.4 is 21.0 Å². The van der Waals surface area contributed by atoms with Crippen molar-refractivity contribution in [2.24, 2.45) is 17.3 Å². The summed E-state index contributed by atoms with van der Waals surface area (Å²) in [6.45, 7) is 10.3. The molecule has 1 amide bonds. The van der Waals surface area contributed by atoms with E-state index in [1.54, 1.807) is 0 Å². The number of thioether (sulfide) groups is 1. The predicted molar refractivity (Wildman–Crippen MR) is 176 cm³/mol. The van der Waals surface area contributed by atoms with E-state index in [4.69, 9.17) is 0 Å². The Bertz CT molecular complexity index is 1400. The van der Waals surface area contributed by atoms with Gasteiger partial charge in [0.15, 0.2) is 0 Å². The number of carbonyl (C=O) groups excluding carboxylic acids is 1. The fourth-order valence-electron chi connectivity index (χ4n) is 8.02. The Balaban J connectivity index is 1.44. The summed E-state index contributed by atoms with van der Waals surface area (Å²) < 4.78 is 0. The van der Waals surface area contributed by atoms with E-state index in [1.807, 2.05) is 23.9 Å². The van der Waals surface area contributed by atoms with Crippen LogP contribution in [0.5, 0.6) is 0 Å². The van der Waals surface area contributed by atoms with E-state index in [2.05, 4.69) is 123 Å². The van der Waals surface area contributed by atoms with Gasteiger partial charge in [-0.1, -0.05) is 113 Å². The van der Waals surface area contributed by atoms with Gasteiger partial charge in [-0.2, -0.15) is 0 Å². The van der Waals surface area contributed by atoms with E-state index in [0.717, 1.165) is 48.3 Å². The third kappa shape index (κ3) is 5.00. The van der Waals surface area contributed by atoms with Crippen molar-refractivity contribution in [1.29, 1.82) is 0 Å². The molecule has 2 heterocycles. The van der Waals surface area contributed by atoms with Crippen molar-refractivity contribution in [1.82, 2.24) is 10.6 Å². The van der Waals surface area contributed by atoms with Crippen LogP contribution in [0.25, 0.3) is 0 Å². The van der Waals surface area contributed by atoms with E-state index >= 15 is 0 Å². The number of rotatable bonds is 7. The van der Waals surface area contributed by atoms with Gasteiger partial charge in [0.2, 0.25) is 5.91 Å². The largest absolute Gasteiger partial charge is 0.424 e. The molecule has 2 fully saturated rings. The number of hydrogen-bond donors (Lipinski definition) is 3. The Kier molecular flexibility index (Phi) is 7.80. The number of carbonyl (C=O) groups is 1.